The molecule has 1 fully saturated rings. The predicted molar refractivity (Wildman–Crippen MR) is 66.6 cm³/mol. The molecule has 0 bridgehead atoms. The van der Waals surface area contributed by atoms with Crippen molar-refractivity contribution in [3.63, 3.8) is 0 Å². The van der Waals surface area contributed by atoms with Gasteiger partial charge in [0.05, 0.1) is 11.0 Å². The van der Waals surface area contributed by atoms with Crippen molar-refractivity contribution in [2.24, 2.45) is 11.8 Å². The summed E-state index contributed by atoms with van der Waals surface area (Å²) < 4.78 is 1.73. The van der Waals surface area contributed by atoms with Crippen LogP contribution in [0.4, 0.5) is 0 Å². The highest BCUT2D eigenvalue weighted by Crippen LogP contribution is 2.38. The second kappa shape index (κ2) is 3.99. The van der Waals surface area contributed by atoms with Gasteiger partial charge in [-0.1, -0.05) is 12.1 Å². The van der Waals surface area contributed by atoms with Crippen molar-refractivity contribution < 1.29 is 4.79 Å². The van der Waals surface area contributed by atoms with Gasteiger partial charge in [0.15, 0.2) is 0 Å². The largest absolute Gasteiger partial charge is 0.326 e. The summed E-state index contributed by atoms with van der Waals surface area (Å²) in [6.07, 6.45) is 1.32. The Kier molecular flexibility index (Phi) is 2.45. The molecule has 1 saturated carbocycles. The third-order valence-electron chi connectivity index (χ3n) is 3.62. The Morgan fingerprint density at radius 1 is 1.39 bits per heavy atom. The zero-order valence-electron chi connectivity index (χ0n) is 9.72. The first-order valence-electron chi connectivity index (χ1n) is 5.90. The van der Waals surface area contributed by atoms with E-state index in [2.05, 4.69) is 10.4 Å². The van der Waals surface area contributed by atoms with Gasteiger partial charge < -0.3 is 4.98 Å². The summed E-state index contributed by atoms with van der Waals surface area (Å²) in [4.78, 5) is 26.0. The van der Waals surface area contributed by atoms with Crippen molar-refractivity contribution in [1.29, 1.82) is 0 Å². The molecule has 1 heterocycles. The summed E-state index contributed by atoms with van der Waals surface area (Å²) in [5.74, 6) is 4.86. The lowest BCUT2D eigenvalue weighted by molar-refractivity contribution is -0.128. The molecule has 1 aliphatic rings. The van der Waals surface area contributed by atoms with Crippen LogP contribution in [0.15, 0.2) is 29.1 Å². The van der Waals surface area contributed by atoms with Crippen LogP contribution in [-0.2, 0) is 4.79 Å². The number of nitrogens with zero attached hydrogens (tertiary/aromatic N) is 1. The number of amides is 1. The van der Waals surface area contributed by atoms with Gasteiger partial charge in [-0.15, -0.1) is 0 Å². The zero-order valence-corrected chi connectivity index (χ0v) is 9.72. The smallest absolute Gasteiger partial charge is 0.306 e. The van der Waals surface area contributed by atoms with E-state index in [1.165, 1.54) is 0 Å². The lowest BCUT2D eigenvalue weighted by Crippen LogP contribution is -2.43. The van der Waals surface area contributed by atoms with E-state index in [-0.39, 0.29) is 23.6 Å². The number of H-pyrrole nitrogens is 1. The number of fused-ring (bicyclic) bond motifs is 1. The topological polar surface area (TPSA) is 92.9 Å². The van der Waals surface area contributed by atoms with E-state index < -0.39 is 0 Å². The number of carbonyl (C=O) groups excluding carboxylic acids is 1. The van der Waals surface area contributed by atoms with Crippen molar-refractivity contribution in [1.82, 2.24) is 15.0 Å². The maximum absolute atomic E-state index is 11.9. The van der Waals surface area contributed by atoms with E-state index in [1.54, 1.807) is 4.57 Å². The zero-order chi connectivity index (χ0) is 12.7. The van der Waals surface area contributed by atoms with Gasteiger partial charge in [0, 0.05) is 12.0 Å². The average molecular weight is 246 g/mol. The molecule has 0 aliphatic heterocycles. The van der Waals surface area contributed by atoms with Crippen LogP contribution in [0.1, 0.15) is 18.9 Å². The molecule has 6 nitrogen and oxygen atoms in total. The minimum absolute atomic E-state index is 0.0796. The Labute approximate surface area is 103 Å². The second-order valence-electron chi connectivity index (χ2n) is 4.65. The molecule has 1 aromatic heterocycles. The monoisotopic (exact) mass is 246 g/mol. The highest BCUT2D eigenvalue weighted by Gasteiger charge is 2.36. The predicted octanol–water partition coefficient (Wildman–Crippen LogP) is 0.271. The van der Waals surface area contributed by atoms with Gasteiger partial charge in [0.1, 0.15) is 0 Å². The number of rotatable bonds is 2. The fourth-order valence-corrected chi connectivity index (χ4v) is 2.57. The molecule has 1 aromatic carbocycles. The van der Waals surface area contributed by atoms with E-state index >= 15 is 0 Å². The molecule has 0 atom stereocenters. The van der Waals surface area contributed by atoms with E-state index in [0.717, 1.165) is 11.0 Å². The summed E-state index contributed by atoms with van der Waals surface area (Å²) >= 11 is 0. The average Bonchev–Trinajstić information content (AvgIpc) is 2.64. The summed E-state index contributed by atoms with van der Waals surface area (Å²) in [6.45, 7) is 0. The number of benzene rings is 1. The fraction of sp³-hybridized carbons (Fsp3) is 0.333. The minimum Gasteiger partial charge on any atom is -0.306 e. The van der Waals surface area contributed by atoms with Crippen LogP contribution in [0.3, 0.4) is 0 Å². The van der Waals surface area contributed by atoms with E-state index in [0.29, 0.717) is 12.8 Å². The number of nitrogens with two attached hydrogens (primary N) is 1. The van der Waals surface area contributed by atoms with Crippen LogP contribution >= 0.6 is 0 Å². The van der Waals surface area contributed by atoms with E-state index in [4.69, 9.17) is 5.84 Å². The van der Waals surface area contributed by atoms with Crippen molar-refractivity contribution in [2.45, 2.75) is 18.9 Å². The molecule has 0 saturated heterocycles. The number of nitrogens with one attached hydrogen (secondary N) is 2. The summed E-state index contributed by atoms with van der Waals surface area (Å²) in [6, 6.07) is 7.64. The Morgan fingerprint density at radius 3 is 2.83 bits per heavy atom. The van der Waals surface area contributed by atoms with Crippen LogP contribution in [-0.4, -0.2) is 15.5 Å². The SMILES string of the molecule is NNC(=O)[C@H]1C[C@H](n2c(=O)[nH]c3ccccc32)C1. The molecule has 1 amide bonds. The number of para-hydroxylation sites is 2. The van der Waals surface area contributed by atoms with Gasteiger partial charge >= 0.3 is 5.69 Å². The number of hydrogen-bond acceptors (Lipinski definition) is 3. The van der Waals surface area contributed by atoms with Gasteiger partial charge in [0.2, 0.25) is 5.91 Å². The molecule has 6 heteroatoms. The quantitative estimate of drug-likeness (QED) is 0.403. The second-order valence-corrected chi connectivity index (χ2v) is 4.65. The highest BCUT2D eigenvalue weighted by atomic mass is 16.2. The van der Waals surface area contributed by atoms with E-state index in [1.807, 2.05) is 24.3 Å². The molecular formula is C12H14N4O2. The Morgan fingerprint density at radius 2 is 2.11 bits per heavy atom. The van der Waals surface area contributed by atoms with Crippen molar-refractivity contribution in [3.8, 4) is 0 Å². The molecule has 18 heavy (non-hydrogen) atoms. The molecule has 2 aromatic rings. The van der Waals surface area contributed by atoms with Gasteiger partial charge in [-0.3, -0.25) is 14.8 Å². The molecule has 3 rings (SSSR count). The van der Waals surface area contributed by atoms with Crippen molar-refractivity contribution >= 4 is 16.9 Å². The van der Waals surface area contributed by atoms with Crippen LogP contribution in [0.25, 0.3) is 11.0 Å². The summed E-state index contributed by atoms with van der Waals surface area (Å²) in [5, 5.41) is 0. The number of carbonyl (C=O) groups is 1. The highest BCUT2D eigenvalue weighted by molar-refractivity contribution is 5.79. The van der Waals surface area contributed by atoms with Crippen molar-refractivity contribution in [2.75, 3.05) is 0 Å². The minimum atomic E-state index is -0.154. The molecule has 1 aliphatic carbocycles. The lowest BCUT2D eigenvalue weighted by atomic mass is 9.79. The molecule has 0 spiro atoms. The molecular weight excluding hydrogens is 232 g/mol. The van der Waals surface area contributed by atoms with E-state index in [9.17, 15) is 9.59 Å². The third-order valence-corrected chi connectivity index (χ3v) is 3.62. The molecule has 0 unspecified atom stereocenters. The van der Waals surface area contributed by atoms with Gasteiger partial charge in [-0.2, -0.15) is 0 Å². The van der Waals surface area contributed by atoms with Gasteiger partial charge in [-0.25, -0.2) is 10.6 Å². The first-order chi connectivity index (χ1) is 8.70. The Bertz CT molecular complexity index is 651. The molecule has 0 radical (unpaired) electrons. The first kappa shape index (κ1) is 11.0. The summed E-state index contributed by atoms with van der Waals surface area (Å²) in [5.41, 5.74) is 3.75. The van der Waals surface area contributed by atoms with Gasteiger partial charge in [0.25, 0.3) is 0 Å². The number of hydrazine groups is 1. The number of hydrogen-bond donors (Lipinski definition) is 3. The fourth-order valence-electron chi connectivity index (χ4n) is 2.57. The number of imidazole rings is 1. The standard InChI is InChI=1S/C12H14N4O2/c13-15-11(17)7-5-8(6-7)16-10-4-2-1-3-9(10)14-12(16)18/h1-4,7-8H,5-6,13H2,(H,14,18)(H,15,17)/t7-,8-. The number of aromatic amines is 1. The lowest BCUT2D eigenvalue weighted by Gasteiger charge is -2.34. The maximum atomic E-state index is 11.9. The van der Waals surface area contributed by atoms with Crippen molar-refractivity contribution in [3.05, 3.63) is 34.7 Å². The molecule has 94 valence electrons. The normalized spacial score (nSPS) is 22.7. The Hall–Kier alpha value is -2.08. The third kappa shape index (κ3) is 1.53. The molecule has 4 N–H and O–H groups in total. The summed E-state index contributed by atoms with van der Waals surface area (Å²) in [7, 11) is 0. The van der Waals surface area contributed by atoms with Crippen LogP contribution in [0.2, 0.25) is 0 Å². The number of aromatic nitrogens is 2. The Balaban J connectivity index is 1.91. The van der Waals surface area contributed by atoms with Crippen LogP contribution < -0.4 is 17.0 Å². The first-order valence-corrected chi connectivity index (χ1v) is 5.90. The van der Waals surface area contributed by atoms with Crippen LogP contribution in [0.5, 0.6) is 0 Å². The van der Waals surface area contributed by atoms with Crippen LogP contribution in [0, 0.1) is 5.92 Å². The van der Waals surface area contributed by atoms with Gasteiger partial charge in [-0.05, 0) is 25.0 Å². The maximum Gasteiger partial charge on any atom is 0.326 e.